The van der Waals surface area contributed by atoms with Gasteiger partial charge in [0.1, 0.15) is 29.8 Å². The molecule has 23 heteroatoms. The first kappa shape index (κ1) is 87.9. The average molecular weight is 1370 g/mol. The SMILES string of the molecule is CC(C)C1(CC(O)CC(O)CC(O)/C=C/CC(O)CC(O)CC(O)CC(O)/C=C/CC(O)CC(O)CCCN)OCCO1.CC(C/C=C/C=C/C=C/C=C/C=C/C(O)C(C)C(O)C(C)/C=C/CC/C=C/C=C/C=C/C=C/C(=O)NC1=C(O)CCC1=O)OC1OC(C)C(O)C(O)C1O. The highest BCUT2D eigenvalue weighted by Gasteiger charge is 2.44. The fourth-order valence-electron chi connectivity index (χ4n) is 10.6. The second-order valence-corrected chi connectivity index (χ2v) is 25.6. The Morgan fingerprint density at radius 1 is 0.577 bits per heavy atom. The van der Waals surface area contributed by atoms with Crippen LogP contribution < -0.4 is 11.1 Å². The number of nitrogens with one attached hydrogen (secondary N) is 1. The number of carbonyl (C=O) groups excluding carboxylic acids is 2. The Labute approximate surface area is 574 Å². The van der Waals surface area contributed by atoms with Crippen molar-refractivity contribution in [3.63, 3.8) is 0 Å². The number of hydrogen-bond acceptors (Lipinski definition) is 22. The number of ether oxygens (including phenoxy) is 4. The minimum absolute atomic E-state index is 0.00134. The zero-order chi connectivity index (χ0) is 72.3. The molecule has 0 spiro atoms. The van der Waals surface area contributed by atoms with Gasteiger partial charge in [0.05, 0.1) is 92.6 Å². The lowest BCUT2D eigenvalue weighted by Crippen LogP contribution is -2.57. The second kappa shape index (κ2) is 50.2. The van der Waals surface area contributed by atoms with Gasteiger partial charge >= 0.3 is 0 Å². The number of amides is 1. The summed E-state index contributed by atoms with van der Waals surface area (Å²) in [7, 11) is 0. The molecule has 18 N–H and O–H groups in total. The third kappa shape index (κ3) is 38.3. The predicted molar refractivity (Wildman–Crippen MR) is 372 cm³/mol. The van der Waals surface area contributed by atoms with Gasteiger partial charge in [0.25, 0.3) is 0 Å². The third-order valence-electron chi connectivity index (χ3n) is 16.4. The van der Waals surface area contributed by atoms with Gasteiger partial charge in [-0.1, -0.05) is 167 Å². The van der Waals surface area contributed by atoms with Crippen LogP contribution in [0.5, 0.6) is 0 Å². The molecule has 0 saturated carbocycles. The average Bonchev–Trinajstić information content (AvgIpc) is 1.83. The van der Waals surface area contributed by atoms with E-state index in [1.54, 1.807) is 55.5 Å². The topological polar surface area (TPSA) is 413 Å². The maximum atomic E-state index is 11.8. The van der Waals surface area contributed by atoms with Crippen LogP contribution in [0, 0.1) is 17.8 Å². The van der Waals surface area contributed by atoms with Crippen molar-refractivity contribution in [1.82, 2.24) is 5.32 Å². The number of unbranched alkanes of at least 4 members (excludes halogenated alkanes) is 1. The van der Waals surface area contributed by atoms with Crippen molar-refractivity contribution < 1.29 is 105 Å². The number of nitrogens with two attached hydrogens (primary N) is 1. The molecule has 550 valence electrons. The van der Waals surface area contributed by atoms with Gasteiger partial charge in [0, 0.05) is 55.9 Å². The van der Waals surface area contributed by atoms with E-state index in [-0.39, 0.29) is 112 Å². The van der Waals surface area contributed by atoms with Crippen molar-refractivity contribution >= 4 is 11.7 Å². The maximum Gasteiger partial charge on any atom is 0.248 e. The number of carbonyl (C=O) groups is 2. The summed E-state index contributed by atoms with van der Waals surface area (Å²) in [5, 5.41) is 155. The minimum Gasteiger partial charge on any atom is -0.510 e. The molecule has 19 atom stereocenters. The normalized spacial score (nSPS) is 24.4. The van der Waals surface area contributed by atoms with Gasteiger partial charge in [-0.05, 0) is 91.0 Å². The van der Waals surface area contributed by atoms with E-state index in [0.717, 1.165) is 12.8 Å². The monoisotopic (exact) mass is 1370 g/mol. The van der Waals surface area contributed by atoms with Crippen LogP contribution in [0.1, 0.15) is 144 Å². The summed E-state index contributed by atoms with van der Waals surface area (Å²) in [4.78, 5) is 23.4. The number of allylic oxidation sites excluding steroid dienone is 18. The summed E-state index contributed by atoms with van der Waals surface area (Å²) in [6.45, 7) is 12.5. The van der Waals surface area contributed by atoms with Crippen LogP contribution in [-0.2, 0) is 28.5 Å². The van der Waals surface area contributed by atoms with E-state index in [0.29, 0.717) is 39.0 Å². The second-order valence-electron chi connectivity index (χ2n) is 25.6. The number of rotatable bonds is 45. The van der Waals surface area contributed by atoms with Crippen molar-refractivity contribution in [3.05, 3.63) is 157 Å². The number of Topliss-reactive ketones (excluding diaryl/α,β-unsaturated/α-hetero) is 1. The van der Waals surface area contributed by atoms with Crippen LogP contribution in [-0.4, -0.2) is 218 Å². The fourth-order valence-corrected chi connectivity index (χ4v) is 10.6. The molecule has 23 nitrogen and oxygen atoms in total. The molecule has 2 aliphatic heterocycles. The lowest BCUT2D eigenvalue weighted by atomic mass is 9.88. The maximum absolute atomic E-state index is 11.8. The number of aliphatic hydroxyl groups excluding tert-OH is 15. The van der Waals surface area contributed by atoms with Crippen molar-refractivity contribution in [2.45, 2.75) is 254 Å². The molecule has 0 radical (unpaired) electrons. The summed E-state index contributed by atoms with van der Waals surface area (Å²) in [6, 6.07) is 0. The zero-order valence-corrected chi connectivity index (χ0v) is 57.6. The van der Waals surface area contributed by atoms with Gasteiger partial charge < -0.3 is 107 Å². The van der Waals surface area contributed by atoms with Crippen molar-refractivity contribution in [2.75, 3.05) is 19.8 Å². The molecule has 0 aromatic carbocycles. The lowest BCUT2D eigenvalue weighted by Gasteiger charge is -2.39. The number of ketones is 1. The van der Waals surface area contributed by atoms with Crippen LogP contribution in [0.25, 0.3) is 0 Å². The molecule has 1 aliphatic carbocycles. The summed E-state index contributed by atoms with van der Waals surface area (Å²) in [5.74, 6) is -2.15. The van der Waals surface area contributed by atoms with Crippen LogP contribution in [0.4, 0.5) is 0 Å². The van der Waals surface area contributed by atoms with E-state index in [4.69, 9.17) is 24.7 Å². The quantitative estimate of drug-likeness (QED) is 0.0161. The Morgan fingerprint density at radius 2 is 1.08 bits per heavy atom. The molecular weight excluding hydrogens is 1250 g/mol. The fraction of sp³-hybridized carbons (Fsp3) is 0.622. The van der Waals surface area contributed by atoms with Crippen LogP contribution in [0.3, 0.4) is 0 Å². The van der Waals surface area contributed by atoms with Gasteiger partial charge in [0.15, 0.2) is 17.9 Å². The zero-order valence-electron chi connectivity index (χ0n) is 57.6. The largest absolute Gasteiger partial charge is 0.510 e. The number of hydrogen-bond donors (Lipinski definition) is 17. The first-order valence-corrected chi connectivity index (χ1v) is 34.2. The molecular formula is C74H118N2O21. The van der Waals surface area contributed by atoms with E-state index < -0.39 is 110 Å². The van der Waals surface area contributed by atoms with E-state index in [2.05, 4.69) is 5.32 Å². The summed E-state index contributed by atoms with van der Waals surface area (Å²) in [5.41, 5.74) is 5.38. The molecule has 1 amide bonds. The molecule has 3 aliphatic rings. The van der Waals surface area contributed by atoms with E-state index in [1.165, 1.54) is 18.2 Å². The van der Waals surface area contributed by atoms with Gasteiger partial charge in [-0.2, -0.15) is 0 Å². The van der Waals surface area contributed by atoms with Gasteiger partial charge in [-0.15, -0.1) is 0 Å². The molecule has 2 heterocycles. The molecule has 97 heavy (non-hydrogen) atoms. The standard InChI is InChI=1S/C43H59NO10.C31H59NO11/c1-30(24-20-16-12-8-5-6-11-15-19-23-27-37(48)44-38-35(46)28-29-36(38)47)39(49)32(3)34(45)26-22-18-14-10-7-9-13-17-21-25-31(2)53-43-42(52)41(51)40(50)33(4)54-43;1-21(2)31(42-12-13-43-31)20-30(41)19-29(40)17-25(36)9-4-8-24(35)16-28(39)18-27(38)15-23(34)7-3-6-22(33)14-26(37)10-5-11-32/h5-11,13-15,17-24,26-27,30-34,39-43,45-46,49-52H,12,16,25,28-29H2,1-4H3,(H,44,48);3-4,7,9,21-30,33-41H,5-6,8,10-20,32H2,1-2H3/b8-5+,10-7+,11-6+,13-9+,18-14+,19-15+,21-17+,24-20+,26-22+,27-23+;7-3+,9-4+. The van der Waals surface area contributed by atoms with Crippen molar-refractivity contribution in [2.24, 2.45) is 23.5 Å². The number of aliphatic hydroxyl groups is 15. The molecule has 3 rings (SSSR count). The van der Waals surface area contributed by atoms with Gasteiger partial charge in [-0.25, -0.2) is 0 Å². The van der Waals surface area contributed by atoms with E-state index in [9.17, 15) is 86.2 Å². The van der Waals surface area contributed by atoms with Crippen LogP contribution >= 0.6 is 0 Å². The van der Waals surface area contributed by atoms with Gasteiger partial charge in [0.2, 0.25) is 5.91 Å². The highest BCUT2D eigenvalue weighted by Crippen LogP contribution is 2.34. The molecule has 2 saturated heterocycles. The first-order chi connectivity index (χ1) is 46.1. The molecule has 2 fully saturated rings. The molecule has 0 aromatic heterocycles. The Kier molecular flexibility index (Phi) is 45.5. The Morgan fingerprint density at radius 3 is 1.64 bits per heavy atom. The van der Waals surface area contributed by atoms with Gasteiger partial charge in [-0.3, -0.25) is 9.59 Å². The van der Waals surface area contributed by atoms with Crippen molar-refractivity contribution in [3.8, 4) is 0 Å². The summed E-state index contributed by atoms with van der Waals surface area (Å²) >= 11 is 0. The third-order valence-corrected chi connectivity index (χ3v) is 16.4. The Balaban J connectivity index is 0.000000678. The van der Waals surface area contributed by atoms with Crippen molar-refractivity contribution in [1.29, 1.82) is 0 Å². The molecule has 19 unspecified atom stereocenters. The minimum atomic E-state index is -1.32. The highest BCUT2D eigenvalue weighted by molar-refractivity contribution is 6.03. The Bertz CT molecular complexity index is 2580. The van der Waals surface area contributed by atoms with E-state index >= 15 is 0 Å². The Hall–Kier alpha value is -5.20. The highest BCUT2D eigenvalue weighted by atomic mass is 16.7. The molecule has 0 aromatic rings. The predicted octanol–water partition coefficient (Wildman–Crippen LogP) is 5.19. The summed E-state index contributed by atoms with van der Waals surface area (Å²) < 4.78 is 22.6. The van der Waals surface area contributed by atoms with Crippen LogP contribution in [0.2, 0.25) is 0 Å². The van der Waals surface area contributed by atoms with Crippen LogP contribution in [0.15, 0.2) is 157 Å². The summed E-state index contributed by atoms with van der Waals surface area (Å²) in [6.07, 6.45) is 31.4. The lowest BCUT2D eigenvalue weighted by molar-refractivity contribution is -0.302. The first-order valence-electron chi connectivity index (χ1n) is 34.2. The molecule has 0 bridgehead atoms. The smallest absolute Gasteiger partial charge is 0.248 e. The van der Waals surface area contributed by atoms with E-state index in [1.807, 2.05) is 114 Å².